The SMILES string of the molecule is CC#CCCNC(C)C1CCOCC1. The van der Waals surface area contributed by atoms with E-state index in [0.717, 1.165) is 32.1 Å². The van der Waals surface area contributed by atoms with Crippen molar-refractivity contribution in [3.05, 3.63) is 0 Å². The first-order valence-electron chi connectivity index (χ1n) is 5.55. The molecule has 0 bridgehead atoms. The summed E-state index contributed by atoms with van der Waals surface area (Å²) in [4.78, 5) is 0. The fraction of sp³-hybridized carbons (Fsp3) is 0.833. The zero-order valence-electron chi connectivity index (χ0n) is 9.31. The third-order valence-electron chi connectivity index (χ3n) is 2.87. The van der Waals surface area contributed by atoms with Gasteiger partial charge >= 0.3 is 0 Å². The fourth-order valence-corrected chi connectivity index (χ4v) is 1.87. The highest BCUT2D eigenvalue weighted by Crippen LogP contribution is 2.18. The quantitative estimate of drug-likeness (QED) is 0.545. The topological polar surface area (TPSA) is 21.3 Å². The Labute approximate surface area is 87.4 Å². The zero-order valence-corrected chi connectivity index (χ0v) is 9.31. The maximum atomic E-state index is 5.34. The lowest BCUT2D eigenvalue weighted by molar-refractivity contribution is 0.0561. The monoisotopic (exact) mass is 195 g/mol. The Bertz CT molecular complexity index is 198. The van der Waals surface area contributed by atoms with Crippen LogP contribution >= 0.6 is 0 Å². The van der Waals surface area contributed by atoms with Gasteiger partial charge in [-0.05, 0) is 32.6 Å². The highest BCUT2D eigenvalue weighted by molar-refractivity contribution is 4.95. The maximum absolute atomic E-state index is 5.34. The second kappa shape index (κ2) is 6.86. The van der Waals surface area contributed by atoms with Gasteiger partial charge in [-0.3, -0.25) is 0 Å². The lowest BCUT2D eigenvalue weighted by Crippen LogP contribution is -2.37. The van der Waals surface area contributed by atoms with Gasteiger partial charge in [0.2, 0.25) is 0 Å². The Morgan fingerprint density at radius 1 is 1.43 bits per heavy atom. The molecule has 1 aliphatic heterocycles. The number of nitrogens with one attached hydrogen (secondary N) is 1. The standard InChI is InChI=1S/C12H21NO/c1-3-4-5-8-13-11(2)12-6-9-14-10-7-12/h11-13H,5-10H2,1-2H3. The van der Waals surface area contributed by atoms with Gasteiger partial charge in [0.25, 0.3) is 0 Å². The van der Waals surface area contributed by atoms with Crippen molar-refractivity contribution in [2.24, 2.45) is 5.92 Å². The first-order valence-corrected chi connectivity index (χ1v) is 5.55. The van der Waals surface area contributed by atoms with E-state index in [9.17, 15) is 0 Å². The van der Waals surface area contributed by atoms with Crippen molar-refractivity contribution in [2.75, 3.05) is 19.8 Å². The van der Waals surface area contributed by atoms with Gasteiger partial charge in [-0.15, -0.1) is 11.8 Å². The summed E-state index contributed by atoms with van der Waals surface area (Å²) in [7, 11) is 0. The van der Waals surface area contributed by atoms with Crippen LogP contribution in [0.2, 0.25) is 0 Å². The highest BCUT2D eigenvalue weighted by atomic mass is 16.5. The molecule has 0 amide bonds. The molecule has 80 valence electrons. The molecular weight excluding hydrogens is 174 g/mol. The number of hydrogen-bond acceptors (Lipinski definition) is 2. The van der Waals surface area contributed by atoms with Gasteiger partial charge in [-0.2, -0.15) is 0 Å². The zero-order chi connectivity index (χ0) is 10.2. The van der Waals surface area contributed by atoms with Gasteiger partial charge in [0.15, 0.2) is 0 Å². The summed E-state index contributed by atoms with van der Waals surface area (Å²) in [6, 6.07) is 0.609. The van der Waals surface area contributed by atoms with E-state index in [4.69, 9.17) is 4.74 Å². The van der Waals surface area contributed by atoms with E-state index in [-0.39, 0.29) is 0 Å². The minimum absolute atomic E-state index is 0.609. The van der Waals surface area contributed by atoms with Crippen molar-refractivity contribution in [1.82, 2.24) is 5.32 Å². The molecule has 1 N–H and O–H groups in total. The Morgan fingerprint density at radius 2 is 2.14 bits per heavy atom. The van der Waals surface area contributed by atoms with E-state index in [1.165, 1.54) is 12.8 Å². The molecule has 0 aliphatic carbocycles. The second-order valence-electron chi connectivity index (χ2n) is 3.87. The summed E-state index contributed by atoms with van der Waals surface area (Å²) < 4.78 is 5.34. The highest BCUT2D eigenvalue weighted by Gasteiger charge is 2.19. The average molecular weight is 195 g/mol. The Morgan fingerprint density at radius 3 is 2.79 bits per heavy atom. The largest absolute Gasteiger partial charge is 0.381 e. The van der Waals surface area contributed by atoms with Crippen molar-refractivity contribution in [3.63, 3.8) is 0 Å². The van der Waals surface area contributed by atoms with E-state index < -0.39 is 0 Å². The normalized spacial score (nSPS) is 19.9. The molecule has 1 unspecified atom stereocenters. The van der Waals surface area contributed by atoms with E-state index in [2.05, 4.69) is 24.1 Å². The molecule has 1 heterocycles. The van der Waals surface area contributed by atoms with Crippen molar-refractivity contribution in [3.8, 4) is 11.8 Å². The summed E-state index contributed by atoms with van der Waals surface area (Å²) in [6.45, 7) is 7.05. The molecule has 1 rings (SSSR count). The Balaban J connectivity index is 2.12. The predicted molar refractivity (Wildman–Crippen MR) is 59.1 cm³/mol. The molecule has 14 heavy (non-hydrogen) atoms. The summed E-state index contributed by atoms with van der Waals surface area (Å²) in [5.74, 6) is 6.77. The van der Waals surface area contributed by atoms with Crippen LogP contribution in [0.1, 0.15) is 33.1 Å². The predicted octanol–water partition coefficient (Wildman–Crippen LogP) is 1.80. The van der Waals surface area contributed by atoms with Crippen LogP contribution in [-0.4, -0.2) is 25.8 Å². The Kier molecular flexibility index (Phi) is 5.66. The van der Waals surface area contributed by atoms with E-state index >= 15 is 0 Å². The number of hydrogen-bond donors (Lipinski definition) is 1. The molecule has 0 aromatic heterocycles. The average Bonchev–Trinajstić information content (AvgIpc) is 2.25. The molecule has 1 atom stereocenters. The molecule has 1 aliphatic rings. The first kappa shape index (κ1) is 11.6. The molecule has 2 heteroatoms. The van der Waals surface area contributed by atoms with Crippen molar-refractivity contribution < 1.29 is 4.74 Å². The summed E-state index contributed by atoms with van der Waals surface area (Å²) >= 11 is 0. The summed E-state index contributed by atoms with van der Waals surface area (Å²) in [5, 5.41) is 3.53. The molecule has 1 fully saturated rings. The summed E-state index contributed by atoms with van der Waals surface area (Å²) in [6.07, 6.45) is 3.37. The Hall–Kier alpha value is -0.520. The van der Waals surface area contributed by atoms with Crippen molar-refractivity contribution in [1.29, 1.82) is 0 Å². The van der Waals surface area contributed by atoms with E-state index in [1.807, 2.05) is 6.92 Å². The second-order valence-corrected chi connectivity index (χ2v) is 3.87. The van der Waals surface area contributed by atoms with Crippen LogP contribution in [0, 0.1) is 17.8 Å². The number of ether oxygens (including phenoxy) is 1. The van der Waals surface area contributed by atoms with Gasteiger partial charge in [-0.1, -0.05) is 0 Å². The van der Waals surface area contributed by atoms with Crippen LogP contribution in [0.4, 0.5) is 0 Å². The van der Waals surface area contributed by atoms with Crippen LogP contribution in [0.25, 0.3) is 0 Å². The molecule has 0 aromatic carbocycles. The molecule has 0 saturated carbocycles. The van der Waals surface area contributed by atoms with E-state index in [1.54, 1.807) is 0 Å². The number of rotatable bonds is 4. The van der Waals surface area contributed by atoms with Crippen molar-refractivity contribution in [2.45, 2.75) is 39.2 Å². The fourth-order valence-electron chi connectivity index (χ4n) is 1.87. The van der Waals surface area contributed by atoms with Crippen LogP contribution in [-0.2, 0) is 4.74 Å². The maximum Gasteiger partial charge on any atom is 0.0469 e. The van der Waals surface area contributed by atoms with Crippen LogP contribution in [0.15, 0.2) is 0 Å². The first-order chi connectivity index (χ1) is 6.84. The summed E-state index contributed by atoms with van der Waals surface area (Å²) in [5.41, 5.74) is 0. The minimum atomic E-state index is 0.609. The molecule has 1 saturated heterocycles. The van der Waals surface area contributed by atoms with Crippen LogP contribution < -0.4 is 5.32 Å². The third kappa shape index (κ3) is 4.13. The molecule has 0 aromatic rings. The van der Waals surface area contributed by atoms with Gasteiger partial charge in [0, 0.05) is 32.2 Å². The van der Waals surface area contributed by atoms with Crippen LogP contribution in [0.5, 0.6) is 0 Å². The smallest absolute Gasteiger partial charge is 0.0469 e. The molecule has 0 spiro atoms. The lowest BCUT2D eigenvalue weighted by atomic mass is 9.93. The van der Waals surface area contributed by atoms with Gasteiger partial charge in [0.05, 0.1) is 0 Å². The third-order valence-corrected chi connectivity index (χ3v) is 2.87. The van der Waals surface area contributed by atoms with Crippen LogP contribution in [0.3, 0.4) is 0 Å². The van der Waals surface area contributed by atoms with E-state index in [0.29, 0.717) is 6.04 Å². The molecule has 2 nitrogen and oxygen atoms in total. The lowest BCUT2D eigenvalue weighted by Gasteiger charge is -2.28. The van der Waals surface area contributed by atoms with Gasteiger partial charge < -0.3 is 10.1 Å². The minimum Gasteiger partial charge on any atom is -0.381 e. The molecule has 0 radical (unpaired) electrons. The molecular formula is C12H21NO. The van der Waals surface area contributed by atoms with Gasteiger partial charge in [0.1, 0.15) is 0 Å². The van der Waals surface area contributed by atoms with Crippen molar-refractivity contribution >= 4 is 0 Å². The van der Waals surface area contributed by atoms with Gasteiger partial charge in [-0.25, -0.2) is 0 Å².